The molecular formula is C9H10ClN3S. The Hall–Kier alpha value is -0.790. The smallest absolute Gasteiger partial charge is 0.162 e. The number of nitrogens with one attached hydrogen (secondary N) is 1. The largest absolute Gasteiger partial charge is 0.372 e. The molecule has 2 atom stereocenters. The fourth-order valence-corrected chi connectivity index (χ4v) is 2.51. The molecule has 0 spiro atoms. The van der Waals surface area contributed by atoms with Crippen molar-refractivity contribution in [3.8, 4) is 6.07 Å². The van der Waals surface area contributed by atoms with Crippen LogP contribution in [0, 0.1) is 17.2 Å². The molecule has 1 aromatic heterocycles. The Morgan fingerprint density at radius 1 is 1.64 bits per heavy atom. The molecule has 1 fully saturated rings. The maximum atomic E-state index is 8.85. The number of hydrogen-bond donors (Lipinski definition) is 1. The molecule has 1 N–H and O–H groups in total. The van der Waals surface area contributed by atoms with Crippen molar-refractivity contribution >= 4 is 28.1 Å². The fourth-order valence-electron chi connectivity index (χ4n) is 1.52. The van der Waals surface area contributed by atoms with Gasteiger partial charge >= 0.3 is 0 Å². The summed E-state index contributed by atoms with van der Waals surface area (Å²) < 4.78 is 3.95. The molecule has 1 aliphatic carbocycles. The number of nitrogens with zero attached hydrogens (tertiary/aromatic N) is 2. The zero-order valence-electron chi connectivity index (χ0n) is 7.75. The van der Waals surface area contributed by atoms with Crippen molar-refractivity contribution in [3.05, 3.63) is 10.7 Å². The molecule has 14 heavy (non-hydrogen) atoms. The van der Waals surface area contributed by atoms with Gasteiger partial charge in [-0.25, -0.2) is 0 Å². The highest BCUT2D eigenvalue weighted by Crippen LogP contribution is 2.34. The van der Waals surface area contributed by atoms with Crippen molar-refractivity contribution < 1.29 is 0 Å². The Morgan fingerprint density at radius 3 is 2.93 bits per heavy atom. The lowest BCUT2D eigenvalue weighted by atomic mass is 9.81. The molecule has 0 bridgehead atoms. The van der Waals surface area contributed by atoms with E-state index >= 15 is 0 Å². The number of nitriles is 1. The predicted octanol–water partition coefficient (Wildman–Crippen LogP) is 2.88. The zero-order chi connectivity index (χ0) is 10.1. The predicted molar refractivity (Wildman–Crippen MR) is 57.6 cm³/mol. The van der Waals surface area contributed by atoms with Gasteiger partial charge in [0.15, 0.2) is 5.15 Å². The third-order valence-corrected chi connectivity index (χ3v) is 3.85. The first kappa shape index (κ1) is 9.75. The van der Waals surface area contributed by atoms with Crippen LogP contribution in [0.25, 0.3) is 0 Å². The highest BCUT2D eigenvalue weighted by atomic mass is 35.5. The molecule has 0 amide bonds. The van der Waals surface area contributed by atoms with Crippen molar-refractivity contribution in [3.63, 3.8) is 0 Å². The Labute approximate surface area is 91.9 Å². The summed E-state index contributed by atoms with van der Waals surface area (Å²) in [7, 11) is 0. The van der Waals surface area contributed by atoms with Crippen LogP contribution in [0.15, 0.2) is 0 Å². The van der Waals surface area contributed by atoms with Crippen LogP contribution in [0.4, 0.5) is 5.00 Å². The van der Waals surface area contributed by atoms with E-state index in [1.165, 1.54) is 24.4 Å². The normalized spacial score (nSPS) is 25.2. The van der Waals surface area contributed by atoms with E-state index in [1.54, 1.807) is 0 Å². The van der Waals surface area contributed by atoms with Crippen molar-refractivity contribution in [2.75, 3.05) is 5.32 Å². The first-order chi connectivity index (χ1) is 6.72. The summed E-state index contributed by atoms with van der Waals surface area (Å²) in [6, 6.07) is 2.55. The first-order valence-corrected chi connectivity index (χ1v) is 5.69. The van der Waals surface area contributed by atoms with Crippen LogP contribution < -0.4 is 5.32 Å². The molecule has 0 aliphatic heterocycles. The summed E-state index contributed by atoms with van der Waals surface area (Å²) in [4.78, 5) is 0. The minimum atomic E-state index is 0.312. The SMILES string of the molecule is CC1CCC1Nc1snc(Cl)c1C#N. The van der Waals surface area contributed by atoms with Crippen LogP contribution in [0.2, 0.25) is 5.15 Å². The van der Waals surface area contributed by atoms with E-state index in [2.05, 4.69) is 22.7 Å². The topological polar surface area (TPSA) is 48.7 Å². The molecule has 74 valence electrons. The standard InChI is InChI=1S/C9H10ClN3S/c1-5-2-3-7(5)12-9-6(4-11)8(10)13-14-9/h5,7,12H,2-3H2,1H3. The summed E-state index contributed by atoms with van der Waals surface area (Å²) in [5.41, 5.74) is 0.482. The van der Waals surface area contributed by atoms with Gasteiger partial charge in [0.25, 0.3) is 0 Å². The molecule has 2 rings (SSSR count). The second-order valence-electron chi connectivity index (χ2n) is 3.59. The van der Waals surface area contributed by atoms with Crippen molar-refractivity contribution in [1.82, 2.24) is 4.37 Å². The molecule has 5 heteroatoms. The van der Waals surface area contributed by atoms with Crippen LogP contribution in [0.1, 0.15) is 25.3 Å². The van der Waals surface area contributed by atoms with Gasteiger partial charge in [-0.3, -0.25) is 0 Å². The molecular weight excluding hydrogens is 218 g/mol. The number of aromatic nitrogens is 1. The van der Waals surface area contributed by atoms with Gasteiger partial charge in [-0.05, 0) is 30.3 Å². The van der Waals surface area contributed by atoms with Gasteiger partial charge in [-0.2, -0.15) is 9.64 Å². The van der Waals surface area contributed by atoms with E-state index in [0.717, 1.165) is 5.00 Å². The van der Waals surface area contributed by atoms with Gasteiger partial charge < -0.3 is 5.32 Å². The number of anilines is 1. The maximum Gasteiger partial charge on any atom is 0.162 e. The van der Waals surface area contributed by atoms with Gasteiger partial charge in [0.1, 0.15) is 16.6 Å². The molecule has 1 aliphatic rings. The number of hydrogen-bond acceptors (Lipinski definition) is 4. The number of halogens is 1. The number of rotatable bonds is 2. The average Bonchev–Trinajstić information content (AvgIpc) is 2.53. The van der Waals surface area contributed by atoms with E-state index in [-0.39, 0.29) is 0 Å². The molecule has 1 saturated carbocycles. The van der Waals surface area contributed by atoms with Crippen molar-refractivity contribution in [2.24, 2.45) is 5.92 Å². The van der Waals surface area contributed by atoms with Crippen LogP contribution in [-0.2, 0) is 0 Å². The molecule has 3 nitrogen and oxygen atoms in total. The molecule has 2 unspecified atom stereocenters. The van der Waals surface area contributed by atoms with Crippen molar-refractivity contribution in [1.29, 1.82) is 5.26 Å². The minimum absolute atomic E-state index is 0.312. The Balaban J connectivity index is 2.13. The second kappa shape index (κ2) is 3.76. The van der Waals surface area contributed by atoms with E-state index in [9.17, 15) is 0 Å². The molecule has 1 heterocycles. The van der Waals surface area contributed by atoms with E-state index in [1.807, 2.05) is 0 Å². The van der Waals surface area contributed by atoms with E-state index in [0.29, 0.717) is 22.7 Å². The minimum Gasteiger partial charge on any atom is -0.372 e. The summed E-state index contributed by atoms with van der Waals surface area (Å²) >= 11 is 7.03. The zero-order valence-corrected chi connectivity index (χ0v) is 9.32. The van der Waals surface area contributed by atoms with E-state index < -0.39 is 0 Å². The third kappa shape index (κ3) is 1.58. The first-order valence-electron chi connectivity index (χ1n) is 4.54. The molecule has 0 radical (unpaired) electrons. The van der Waals surface area contributed by atoms with Crippen molar-refractivity contribution in [2.45, 2.75) is 25.8 Å². The molecule has 1 aromatic rings. The van der Waals surface area contributed by atoms with Gasteiger partial charge in [0.2, 0.25) is 0 Å². The lowest BCUT2D eigenvalue weighted by molar-refractivity contribution is 0.304. The quantitative estimate of drug-likeness (QED) is 0.845. The average molecular weight is 228 g/mol. The summed E-state index contributed by atoms with van der Waals surface area (Å²) in [5.74, 6) is 0.683. The van der Waals surface area contributed by atoms with Crippen LogP contribution in [-0.4, -0.2) is 10.4 Å². The Kier molecular flexibility index (Phi) is 2.62. The summed E-state index contributed by atoms with van der Waals surface area (Å²) in [6.45, 7) is 2.20. The highest BCUT2D eigenvalue weighted by Gasteiger charge is 2.28. The van der Waals surface area contributed by atoms with Gasteiger partial charge in [0, 0.05) is 6.04 Å². The Morgan fingerprint density at radius 2 is 2.43 bits per heavy atom. The van der Waals surface area contributed by atoms with Gasteiger partial charge in [-0.15, -0.1) is 0 Å². The molecule has 0 aromatic carbocycles. The third-order valence-electron chi connectivity index (χ3n) is 2.70. The lowest BCUT2D eigenvalue weighted by Crippen LogP contribution is -2.36. The lowest BCUT2D eigenvalue weighted by Gasteiger charge is -2.34. The molecule has 0 saturated heterocycles. The van der Waals surface area contributed by atoms with Crippen LogP contribution >= 0.6 is 23.1 Å². The van der Waals surface area contributed by atoms with Gasteiger partial charge in [0.05, 0.1) is 0 Å². The highest BCUT2D eigenvalue weighted by molar-refractivity contribution is 7.10. The summed E-state index contributed by atoms with van der Waals surface area (Å²) in [5, 5.41) is 13.3. The summed E-state index contributed by atoms with van der Waals surface area (Å²) in [6.07, 6.45) is 2.42. The van der Waals surface area contributed by atoms with Gasteiger partial charge in [-0.1, -0.05) is 18.5 Å². The van der Waals surface area contributed by atoms with Crippen LogP contribution in [0.5, 0.6) is 0 Å². The van der Waals surface area contributed by atoms with E-state index in [4.69, 9.17) is 16.9 Å². The Bertz CT molecular complexity index is 382. The fraction of sp³-hybridized carbons (Fsp3) is 0.556. The maximum absolute atomic E-state index is 8.85. The van der Waals surface area contributed by atoms with Crippen LogP contribution in [0.3, 0.4) is 0 Å². The second-order valence-corrected chi connectivity index (χ2v) is 4.73. The monoisotopic (exact) mass is 227 g/mol.